The van der Waals surface area contributed by atoms with Crippen LogP contribution in [0.15, 0.2) is 72.0 Å². The molecule has 0 atom stereocenters. The molecular formula is C21H23N3O2S. The predicted molar refractivity (Wildman–Crippen MR) is 109 cm³/mol. The number of hydrogen-bond donors (Lipinski definition) is 2. The molecule has 0 fully saturated rings. The number of nitrogens with zero attached hydrogens (tertiary/aromatic N) is 1. The van der Waals surface area contributed by atoms with E-state index in [0.717, 1.165) is 21.9 Å². The monoisotopic (exact) mass is 381 g/mol. The molecule has 3 aromatic rings. The van der Waals surface area contributed by atoms with Gasteiger partial charge in [-0.05, 0) is 48.2 Å². The van der Waals surface area contributed by atoms with Crippen molar-refractivity contribution in [2.24, 2.45) is 0 Å². The van der Waals surface area contributed by atoms with Crippen molar-refractivity contribution in [2.75, 3.05) is 13.3 Å². The molecule has 5 nitrogen and oxygen atoms in total. The Kier molecular flexibility index (Phi) is 7.41. The molecule has 0 aliphatic carbocycles. The fourth-order valence-corrected chi connectivity index (χ4v) is 2.98. The van der Waals surface area contributed by atoms with E-state index in [4.69, 9.17) is 9.57 Å². The summed E-state index contributed by atoms with van der Waals surface area (Å²) >= 11 is 1.68. The van der Waals surface area contributed by atoms with E-state index >= 15 is 0 Å². The Labute approximate surface area is 163 Å². The molecule has 0 saturated carbocycles. The highest BCUT2D eigenvalue weighted by atomic mass is 32.1. The molecule has 0 spiro atoms. The number of hydroxylamine groups is 1. The predicted octanol–water partition coefficient (Wildman–Crippen LogP) is 4.14. The van der Waals surface area contributed by atoms with Crippen molar-refractivity contribution in [2.45, 2.75) is 13.5 Å². The van der Waals surface area contributed by atoms with Crippen LogP contribution in [0.4, 0.5) is 0 Å². The minimum absolute atomic E-state index is 0.367. The lowest BCUT2D eigenvalue weighted by Gasteiger charge is -2.13. The Morgan fingerprint density at radius 3 is 2.78 bits per heavy atom. The largest absolute Gasteiger partial charge is 0.473 e. The third kappa shape index (κ3) is 6.86. The maximum atomic E-state index is 5.75. The number of aromatic nitrogens is 1. The first-order valence-corrected chi connectivity index (χ1v) is 9.58. The summed E-state index contributed by atoms with van der Waals surface area (Å²) in [5, 5.41) is 5.34. The zero-order valence-corrected chi connectivity index (χ0v) is 16.0. The Balaban J connectivity index is 1.49. The number of rotatable bonds is 10. The van der Waals surface area contributed by atoms with E-state index in [-0.39, 0.29) is 0 Å². The van der Waals surface area contributed by atoms with Crippen molar-refractivity contribution in [3.8, 4) is 5.75 Å². The molecule has 2 heterocycles. The average Bonchev–Trinajstić information content (AvgIpc) is 3.20. The maximum absolute atomic E-state index is 5.75. The summed E-state index contributed by atoms with van der Waals surface area (Å²) in [7, 11) is 0. The van der Waals surface area contributed by atoms with Gasteiger partial charge in [-0.15, -0.1) is 11.3 Å². The fourth-order valence-electron chi connectivity index (χ4n) is 2.30. The summed E-state index contributed by atoms with van der Waals surface area (Å²) in [6.45, 7) is 3.42. The van der Waals surface area contributed by atoms with Gasteiger partial charge in [0, 0.05) is 29.5 Å². The molecule has 0 radical (unpaired) electrons. The minimum atomic E-state index is 0.367. The lowest BCUT2D eigenvalue weighted by atomic mass is 10.2. The van der Waals surface area contributed by atoms with Crippen LogP contribution in [0.3, 0.4) is 0 Å². The van der Waals surface area contributed by atoms with Crippen molar-refractivity contribution in [1.29, 1.82) is 0 Å². The normalized spacial score (nSPS) is 11.4. The maximum Gasteiger partial charge on any atom is 0.158 e. The molecule has 0 aliphatic rings. The lowest BCUT2D eigenvalue weighted by Crippen LogP contribution is -2.25. The fraction of sp³-hybridized carbons (Fsp3) is 0.190. The SMILES string of the molecule is Cc1ccc(OCN/C(=C/c2cccs2)CONCc2cccnc2)cc1. The summed E-state index contributed by atoms with van der Waals surface area (Å²) in [6.07, 6.45) is 5.63. The van der Waals surface area contributed by atoms with Gasteiger partial charge in [0.1, 0.15) is 12.4 Å². The van der Waals surface area contributed by atoms with E-state index in [1.54, 1.807) is 17.5 Å². The van der Waals surface area contributed by atoms with Crippen LogP contribution in [0, 0.1) is 6.92 Å². The summed E-state index contributed by atoms with van der Waals surface area (Å²) < 4.78 is 5.75. The van der Waals surface area contributed by atoms with Crippen molar-refractivity contribution >= 4 is 17.4 Å². The summed E-state index contributed by atoms with van der Waals surface area (Å²) in [6, 6.07) is 16.0. The van der Waals surface area contributed by atoms with Gasteiger partial charge in [-0.1, -0.05) is 29.8 Å². The Hall–Kier alpha value is -2.67. The Morgan fingerprint density at radius 2 is 2.04 bits per heavy atom. The van der Waals surface area contributed by atoms with Crippen LogP contribution in [0.2, 0.25) is 0 Å². The van der Waals surface area contributed by atoms with E-state index < -0.39 is 0 Å². The highest BCUT2D eigenvalue weighted by molar-refractivity contribution is 7.10. The van der Waals surface area contributed by atoms with Crippen molar-refractivity contribution in [3.63, 3.8) is 0 Å². The summed E-state index contributed by atoms with van der Waals surface area (Å²) in [5.41, 5.74) is 6.18. The van der Waals surface area contributed by atoms with Crippen LogP contribution in [0.25, 0.3) is 6.08 Å². The van der Waals surface area contributed by atoms with Gasteiger partial charge in [-0.2, -0.15) is 5.48 Å². The minimum Gasteiger partial charge on any atom is -0.473 e. The number of aryl methyl sites for hydroxylation is 1. The smallest absolute Gasteiger partial charge is 0.158 e. The number of nitrogens with one attached hydrogen (secondary N) is 2. The number of benzene rings is 1. The Bertz CT molecular complexity index is 818. The van der Waals surface area contributed by atoms with E-state index in [9.17, 15) is 0 Å². The number of hydrogen-bond acceptors (Lipinski definition) is 6. The van der Waals surface area contributed by atoms with Crippen molar-refractivity contribution in [3.05, 3.63) is 88.0 Å². The van der Waals surface area contributed by atoms with E-state index in [0.29, 0.717) is 19.9 Å². The number of thiophene rings is 1. The zero-order valence-electron chi connectivity index (χ0n) is 15.2. The van der Waals surface area contributed by atoms with Gasteiger partial charge in [-0.3, -0.25) is 9.82 Å². The second-order valence-electron chi connectivity index (χ2n) is 5.93. The number of ether oxygens (including phenoxy) is 1. The van der Waals surface area contributed by atoms with Gasteiger partial charge in [0.25, 0.3) is 0 Å². The van der Waals surface area contributed by atoms with Crippen LogP contribution < -0.4 is 15.5 Å². The molecule has 2 aromatic heterocycles. The molecule has 27 heavy (non-hydrogen) atoms. The molecule has 6 heteroatoms. The van der Waals surface area contributed by atoms with Gasteiger partial charge in [0.2, 0.25) is 0 Å². The lowest BCUT2D eigenvalue weighted by molar-refractivity contribution is 0.0496. The van der Waals surface area contributed by atoms with Crippen LogP contribution in [0.1, 0.15) is 16.0 Å². The van der Waals surface area contributed by atoms with Crippen LogP contribution in [-0.4, -0.2) is 18.3 Å². The first-order valence-electron chi connectivity index (χ1n) is 8.70. The first-order chi connectivity index (χ1) is 13.3. The van der Waals surface area contributed by atoms with Gasteiger partial charge >= 0.3 is 0 Å². The molecule has 2 N–H and O–H groups in total. The van der Waals surface area contributed by atoms with E-state index in [1.165, 1.54) is 5.56 Å². The van der Waals surface area contributed by atoms with Crippen molar-refractivity contribution in [1.82, 2.24) is 15.8 Å². The van der Waals surface area contributed by atoms with Gasteiger partial charge in [-0.25, -0.2) is 0 Å². The average molecular weight is 382 g/mol. The summed E-state index contributed by atoms with van der Waals surface area (Å²) in [4.78, 5) is 10.9. The number of pyridine rings is 1. The second-order valence-corrected chi connectivity index (χ2v) is 6.91. The van der Waals surface area contributed by atoms with Crippen LogP contribution in [-0.2, 0) is 11.4 Å². The molecule has 0 aliphatic heterocycles. The third-order valence-electron chi connectivity index (χ3n) is 3.75. The second kappa shape index (κ2) is 10.5. The molecule has 1 aromatic carbocycles. The zero-order chi connectivity index (χ0) is 18.7. The third-order valence-corrected chi connectivity index (χ3v) is 4.57. The summed E-state index contributed by atoms with van der Waals surface area (Å²) in [5.74, 6) is 0.833. The van der Waals surface area contributed by atoms with Gasteiger partial charge in [0.15, 0.2) is 6.73 Å². The van der Waals surface area contributed by atoms with Crippen LogP contribution >= 0.6 is 11.3 Å². The molecular weight excluding hydrogens is 358 g/mol. The van der Waals surface area contributed by atoms with Crippen molar-refractivity contribution < 1.29 is 9.57 Å². The molecule has 140 valence electrons. The first kappa shape index (κ1) is 19.1. The van der Waals surface area contributed by atoms with Gasteiger partial charge < -0.3 is 10.1 Å². The molecule has 0 saturated heterocycles. The standard InChI is InChI=1S/C21H23N3O2S/c1-17-6-8-20(9-7-17)25-16-23-19(12-21-5-3-11-27-21)15-26-24-14-18-4-2-10-22-13-18/h2-13,23-24H,14-16H2,1H3/b19-12+. The van der Waals surface area contributed by atoms with Crippen LogP contribution in [0.5, 0.6) is 5.75 Å². The van der Waals surface area contributed by atoms with E-state index in [1.807, 2.05) is 54.0 Å². The highest BCUT2D eigenvalue weighted by Gasteiger charge is 2.01. The topological polar surface area (TPSA) is 55.4 Å². The Morgan fingerprint density at radius 1 is 1.15 bits per heavy atom. The molecule has 3 rings (SSSR count). The van der Waals surface area contributed by atoms with Gasteiger partial charge in [0.05, 0.1) is 0 Å². The highest BCUT2D eigenvalue weighted by Crippen LogP contribution is 2.13. The quantitative estimate of drug-likeness (QED) is 0.314. The molecule has 0 bridgehead atoms. The molecule has 0 unspecified atom stereocenters. The molecule has 0 amide bonds. The van der Waals surface area contributed by atoms with E-state index in [2.05, 4.69) is 34.8 Å².